The van der Waals surface area contributed by atoms with Crippen LogP contribution in [0.25, 0.3) is 0 Å². The summed E-state index contributed by atoms with van der Waals surface area (Å²) in [6.07, 6.45) is 3.63. The van der Waals surface area contributed by atoms with Crippen LogP contribution in [0.5, 0.6) is 0 Å². The first-order valence-electron chi connectivity index (χ1n) is 3.36. The van der Waals surface area contributed by atoms with E-state index in [2.05, 4.69) is 11.9 Å². The summed E-state index contributed by atoms with van der Waals surface area (Å²) in [6.45, 7) is 2.91. The van der Waals surface area contributed by atoms with Crippen LogP contribution < -0.4 is 0 Å². The summed E-state index contributed by atoms with van der Waals surface area (Å²) >= 11 is 0. The fraction of sp³-hybridized carbons (Fsp3) is 0.375. The maximum absolute atomic E-state index is 5.24. The molecule has 1 saturated heterocycles. The lowest BCUT2D eigenvalue weighted by Gasteiger charge is -2.01. The molecule has 10 heavy (non-hydrogen) atoms. The second-order valence-corrected chi connectivity index (χ2v) is 2.76. The van der Waals surface area contributed by atoms with Gasteiger partial charge in [0.1, 0.15) is 5.60 Å². The van der Waals surface area contributed by atoms with Crippen LogP contribution in [0.1, 0.15) is 12.5 Å². The lowest BCUT2D eigenvalue weighted by molar-refractivity contribution is 0.329. The van der Waals surface area contributed by atoms with E-state index in [1.165, 1.54) is 5.56 Å². The first-order valence-corrected chi connectivity index (χ1v) is 3.36. The molecule has 52 valence electrons. The molecular weight excluding hydrogens is 126 g/mol. The lowest BCUT2D eigenvalue weighted by atomic mass is 10.1. The minimum absolute atomic E-state index is 0.0196. The highest BCUT2D eigenvalue weighted by atomic mass is 16.6. The highest BCUT2D eigenvalue weighted by Gasteiger charge is 2.41. The van der Waals surface area contributed by atoms with Crippen molar-refractivity contribution in [3.63, 3.8) is 0 Å². The summed E-state index contributed by atoms with van der Waals surface area (Å²) in [6, 6.07) is 3.97. The van der Waals surface area contributed by atoms with Crippen molar-refractivity contribution in [3.05, 3.63) is 30.1 Å². The highest BCUT2D eigenvalue weighted by molar-refractivity contribution is 5.21. The van der Waals surface area contributed by atoms with Crippen LogP contribution in [0.15, 0.2) is 24.5 Å². The number of rotatable bonds is 1. The van der Waals surface area contributed by atoms with Gasteiger partial charge in [-0.15, -0.1) is 0 Å². The SMILES string of the molecule is C[C@@]1(c2cccnc2)CO1. The molecule has 0 spiro atoms. The van der Waals surface area contributed by atoms with E-state index in [9.17, 15) is 0 Å². The predicted octanol–water partition coefficient (Wildman–Crippen LogP) is 1.33. The maximum Gasteiger partial charge on any atom is 0.115 e. The second kappa shape index (κ2) is 1.80. The van der Waals surface area contributed by atoms with Crippen molar-refractivity contribution in [2.45, 2.75) is 12.5 Å². The number of pyridine rings is 1. The number of hydrogen-bond acceptors (Lipinski definition) is 2. The topological polar surface area (TPSA) is 25.4 Å². The van der Waals surface area contributed by atoms with Gasteiger partial charge in [-0.3, -0.25) is 4.98 Å². The minimum Gasteiger partial charge on any atom is -0.365 e. The van der Waals surface area contributed by atoms with E-state index < -0.39 is 0 Å². The normalized spacial score (nSPS) is 30.1. The molecule has 0 N–H and O–H groups in total. The molecule has 1 aromatic rings. The van der Waals surface area contributed by atoms with Gasteiger partial charge in [-0.2, -0.15) is 0 Å². The molecule has 1 aromatic heterocycles. The van der Waals surface area contributed by atoms with Crippen molar-refractivity contribution in [2.24, 2.45) is 0 Å². The number of hydrogen-bond donors (Lipinski definition) is 0. The Morgan fingerprint density at radius 3 is 3.00 bits per heavy atom. The summed E-state index contributed by atoms with van der Waals surface area (Å²) in [4.78, 5) is 4.01. The van der Waals surface area contributed by atoms with Crippen molar-refractivity contribution >= 4 is 0 Å². The zero-order valence-corrected chi connectivity index (χ0v) is 5.87. The third-order valence-corrected chi connectivity index (χ3v) is 1.85. The van der Waals surface area contributed by atoms with Gasteiger partial charge in [0.2, 0.25) is 0 Å². The molecule has 2 rings (SSSR count). The fourth-order valence-corrected chi connectivity index (χ4v) is 0.951. The van der Waals surface area contributed by atoms with Crippen molar-refractivity contribution in [3.8, 4) is 0 Å². The van der Waals surface area contributed by atoms with Crippen LogP contribution in [0.2, 0.25) is 0 Å². The smallest absolute Gasteiger partial charge is 0.115 e. The van der Waals surface area contributed by atoms with Gasteiger partial charge in [0.25, 0.3) is 0 Å². The summed E-state index contributed by atoms with van der Waals surface area (Å²) in [5.41, 5.74) is 1.16. The Balaban J connectivity index is 2.35. The Bertz CT molecular complexity index is 228. The van der Waals surface area contributed by atoms with Crippen molar-refractivity contribution < 1.29 is 4.74 Å². The third-order valence-electron chi connectivity index (χ3n) is 1.85. The van der Waals surface area contributed by atoms with E-state index in [0.717, 1.165) is 6.61 Å². The van der Waals surface area contributed by atoms with Crippen LogP contribution in [0, 0.1) is 0 Å². The molecule has 1 fully saturated rings. The summed E-state index contributed by atoms with van der Waals surface area (Å²) < 4.78 is 5.24. The molecule has 0 aromatic carbocycles. The fourth-order valence-electron chi connectivity index (χ4n) is 0.951. The molecule has 1 aliphatic heterocycles. The van der Waals surface area contributed by atoms with Crippen LogP contribution in [-0.2, 0) is 10.3 Å². The largest absolute Gasteiger partial charge is 0.365 e. The Kier molecular flexibility index (Phi) is 1.05. The number of aromatic nitrogens is 1. The van der Waals surface area contributed by atoms with Gasteiger partial charge in [-0.1, -0.05) is 6.07 Å². The van der Waals surface area contributed by atoms with Crippen LogP contribution in [0.4, 0.5) is 0 Å². The van der Waals surface area contributed by atoms with Crippen LogP contribution in [-0.4, -0.2) is 11.6 Å². The third kappa shape index (κ3) is 0.809. The Morgan fingerprint density at radius 2 is 2.50 bits per heavy atom. The maximum atomic E-state index is 5.24. The molecule has 2 heteroatoms. The lowest BCUT2D eigenvalue weighted by Crippen LogP contribution is -2.01. The molecule has 1 atom stereocenters. The summed E-state index contributed by atoms with van der Waals surface area (Å²) in [5.74, 6) is 0. The Labute approximate surface area is 59.9 Å². The number of ether oxygens (including phenoxy) is 1. The van der Waals surface area contributed by atoms with Crippen molar-refractivity contribution in [2.75, 3.05) is 6.61 Å². The Hall–Kier alpha value is -0.890. The molecule has 0 unspecified atom stereocenters. The van der Waals surface area contributed by atoms with E-state index in [0.29, 0.717) is 0 Å². The monoisotopic (exact) mass is 135 g/mol. The molecule has 0 radical (unpaired) electrons. The average molecular weight is 135 g/mol. The van der Waals surface area contributed by atoms with Crippen molar-refractivity contribution in [1.29, 1.82) is 0 Å². The molecule has 2 nitrogen and oxygen atoms in total. The van der Waals surface area contributed by atoms with E-state index in [1.54, 1.807) is 6.20 Å². The standard InChI is InChI=1S/C8H9NO/c1-8(6-10-8)7-3-2-4-9-5-7/h2-5H,6H2,1H3/t8-/m0/s1. The van der Waals surface area contributed by atoms with E-state index in [1.807, 2.05) is 18.3 Å². The van der Waals surface area contributed by atoms with Gasteiger partial charge < -0.3 is 4.74 Å². The van der Waals surface area contributed by atoms with Crippen LogP contribution in [0.3, 0.4) is 0 Å². The molecule has 0 bridgehead atoms. The first-order chi connectivity index (χ1) is 4.81. The van der Waals surface area contributed by atoms with Gasteiger partial charge in [-0.25, -0.2) is 0 Å². The van der Waals surface area contributed by atoms with Gasteiger partial charge in [0.05, 0.1) is 6.61 Å². The molecule has 2 heterocycles. The number of nitrogens with zero attached hydrogens (tertiary/aromatic N) is 1. The highest BCUT2D eigenvalue weighted by Crippen LogP contribution is 2.36. The summed E-state index contributed by atoms with van der Waals surface area (Å²) in [7, 11) is 0. The molecular formula is C8H9NO. The van der Waals surface area contributed by atoms with Crippen LogP contribution >= 0.6 is 0 Å². The Morgan fingerprint density at radius 1 is 1.70 bits per heavy atom. The average Bonchev–Trinajstić information content (AvgIpc) is 2.72. The molecule has 1 aliphatic rings. The minimum atomic E-state index is -0.0196. The van der Waals surface area contributed by atoms with Gasteiger partial charge in [0.15, 0.2) is 0 Å². The van der Waals surface area contributed by atoms with E-state index >= 15 is 0 Å². The van der Waals surface area contributed by atoms with Gasteiger partial charge in [0, 0.05) is 18.0 Å². The van der Waals surface area contributed by atoms with E-state index in [4.69, 9.17) is 4.74 Å². The first kappa shape index (κ1) is 5.86. The zero-order valence-electron chi connectivity index (χ0n) is 5.87. The second-order valence-electron chi connectivity index (χ2n) is 2.76. The van der Waals surface area contributed by atoms with E-state index in [-0.39, 0.29) is 5.60 Å². The predicted molar refractivity (Wildman–Crippen MR) is 37.5 cm³/mol. The molecule has 0 aliphatic carbocycles. The van der Waals surface area contributed by atoms with Gasteiger partial charge in [-0.05, 0) is 13.0 Å². The van der Waals surface area contributed by atoms with Gasteiger partial charge >= 0.3 is 0 Å². The number of epoxide rings is 1. The summed E-state index contributed by atoms with van der Waals surface area (Å²) in [5, 5.41) is 0. The quantitative estimate of drug-likeness (QED) is 0.543. The molecule has 0 amide bonds. The molecule has 0 saturated carbocycles. The zero-order chi connectivity index (χ0) is 7.03. The van der Waals surface area contributed by atoms with Crippen molar-refractivity contribution in [1.82, 2.24) is 4.98 Å².